The summed E-state index contributed by atoms with van der Waals surface area (Å²) in [7, 11) is 4.82. The normalized spacial score (nSPS) is 11.2. The molecule has 0 heterocycles. The molecule has 0 aliphatic carbocycles. The molecule has 0 aliphatic heterocycles. The molecule has 0 unspecified atom stereocenters. The van der Waals surface area contributed by atoms with Gasteiger partial charge in [0.25, 0.3) is 9.05 Å². The highest BCUT2D eigenvalue weighted by atomic mass is 35.7. The van der Waals surface area contributed by atoms with Crippen LogP contribution < -0.4 is 4.74 Å². The van der Waals surface area contributed by atoms with Crippen LogP contribution in [0.5, 0.6) is 5.75 Å². The van der Waals surface area contributed by atoms with Crippen LogP contribution in [-0.4, -0.2) is 39.9 Å². The van der Waals surface area contributed by atoms with Crippen LogP contribution in [0, 0.1) is 13.8 Å². The van der Waals surface area contributed by atoms with Crippen molar-refractivity contribution in [2.75, 3.05) is 20.7 Å². The Hall–Kier alpha value is -1.27. The summed E-state index contributed by atoms with van der Waals surface area (Å²) >= 11 is 0. The lowest BCUT2D eigenvalue weighted by Gasteiger charge is -2.15. The smallest absolute Gasteiger partial charge is 0.265 e. The minimum atomic E-state index is -3.89. The third-order valence-corrected chi connectivity index (χ3v) is 4.04. The Morgan fingerprint density at radius 2 is 1.90 bits per heavy atom. The van der Waals surface area contributed by atoms with Crippen molar-refractivity contribution in [3.8, 4) is 5.75 Å². The molecule has 0 radical (unpaired) electrons. The summed E-state index contributed by atoms with van der Waals surface area (Å²) in [6, 6.07) is 3.26. The van der Waals surface area contributed by atoms with Crippen LogP contribution in [0.2, 0.25) is 0 Å². The molecule has 0 bridgehead atoms. The first-order valence-corrected chi connectivity index (χ1v) is 8.32. The third kappa shape index (κ3) is 4.38. The fourth-order valence-electron chi connectivity index (χ4n) is 1.75. The molecule has 0 atom stereocenters. The summed E-state index contributed by atoms with van der Waals surface area (Å²) in [4.78, 5) is 12.8. The maximum atomic E-state index is 11.6. The van der Waals surface area contributed by atoms with Crippen LogP contribution >= 0.6 is 10.7 Å². The SMILES string of the molecule is Cc1cc(C)c(OCCC(=O)N(C)C)c(S(=O)(=O)Cl)c1. The average molecular weight is 320 g/mol. The second kappa shape index (κ2) is 6.45. The molecule has 0 N–H and O–H groups in total. The first-order valence-electron chi connectivity index (χ1n) is 6.01. The fourth-order valence-corrected chi connectivity index (χ4v) is 2.86. The van der Waals surface area contributed by atoms with E-state index in [1.54, 1.807) is 34.0 Å². The van der Waals surface area contributed by atoms with Gasteiger partial charge < -0.3 is 9.64 Å². The van der Waals surface area contributed by atoms with Gasteiger partial charge in [0, 0.05) is 24.8 Å². The lowest BCUT2D eigenvalue weighted by atomic mass is 10.1. The maximum absolute atomic E-state index is 11.6. The zero-order chi connectivity index (χ0) is 15.5. The molecule has 0 spiro atoms. The molecular weight excluding hydrogens is 302 g/mol. The van der Waals surface area contributed by atoms with E-state index in [1.165, 1.54) is 11.0 Å². The number of halogens is 1. The molecule has 0 fully saturated rings. The number of benzene rings is 1. The van der Waals surface area contributed by atoms with Crippen LogP contribution in [0.25, 0.3) is 0 Å². The summed E-state index contributed by atoms with van der Waals surface area (Å²) in [6.07, 6.45) is 0.169. The zero-order valence-corrected chi connectivity index (χ0v) is 13.5. The number of carbonyl (C=O) groups is 1. The largest absolute Gasteiger partial charge is 0.491 e. The summed E-state index contributed by atoms with van der Waals surface area (Å²) in [5, 5.41) is 0. The molecule has 20 heavy (non-hydrogen) atoms. The van der Waals surface area contributed by atoms with Crippen molar-refractivity contribution >= 4 is 25.6 Å². The quantitative estimate of drug-likeness (QED) is 0.780. The molecular formula is C13H18ClNO4S. The first-order chi connectivity index (χ1) is 9.12. The van der Waals surface area contributed by atoms with Crippen LogP contribution in [0.1, 0.15) is 17.5 Å². The molecule has 1 amide bonds. The number of carbonyl (C=O) groups excluding carboxylic acids is 1. The number of nitrogens with zero attached hydrogens (tertiary/aromatic N) is 1. The number of rotatable bonds is 5. The minimum absolute atomic E-state index is 0.0611. The highest BCUT2D eigenvalue weighted by Crippen LogP contribution is 2.31. The Balaban J connectivity index is 2.98. The van der Waals surface area contributed by atoms with Gasteiger partial charge >= 0.3 is 0 Å². The van der Waals surface area contributed by atoms with Gasteiger partial charge in [0.15, 0.2) is 0 Å². The molecule has 1 aromatic rings. The molecule has 0 aliphatic rings. The zero-order valence-electron chi connectivity index (χ0n) is 11.9. The summed E-state index contributed by atoms with van der Waals surface area (Å²) in [5.74, 6) is 0.113. The summed E-state index contributed by atoms with van der Waals surface area (Å²) in [5.41, 5.74) is 1.44. The average Bonchev–Trinajstić information content (AvgIpc) is 2.29. The summed E-state index contributed by atoms with van der Waals surface area (Å²) < 4.78 is 28.6. The van der Waals surface area contributed by atoms with E-state index in [9.17, 15) is 13.2 Å². The molecule has 0 saturated carbocycles. The van der Waals surface area contributed by atoms with Gasteiger partial charge in [-0.25, -0.2) is 8.42 Å². The van der Waals surface area contributed by atoms with E-state index < -0.39 is 9.05 Å². The molecule has 1 rings (SSSR count). The van der Waals surface area contributed by atoms with E-state index >= 15 is 0 Å². The molecule has 112 valence electrons. The van der Waals surface area contributed by atoms with E-state index in [-0.39, 0.29) is 29.6 Å². The highest BCUT2D eigenvalue weighted by molar-refractivity contribution is 8.13. The Morgan fingerprint density at radius 3 is 2.40 bits per heavy atom. The van der Waals surface area contributed by atoms with Crippen molar-refractivity contribution < 1.29 is 17.9 Å². The monoisotopic (exact) mass is 319 g/mol. The van der Waals surface area contributed by atoms with Gasteiger partial charge in [-0.1, -0.05) is 6.07 Å². The van der Waals surface area contributed by atoms with Crippen molar-refractivity contribution in [2.24, 2.45) is 0 Å². The van der Waals surface area contributed by atoms with Crippen LogP contribution in [-0.2, 0) is 13.8 Å². The van der Waals surface area contributed by atoms with Crippen LogP contribution in [0.4, 0.5) is 0 Å². The third-order valence-electron chi connectivity index (χ3n) is 2.71. The van der Waals surface area contributed by atoms with Crippen molar-refractivity contribution in [2.45, 2.75) is 25.2 Å². The van der Waals surface area contributed by atoms with Gasteiger partial charge in [0.05, 0.1) is 13.0 Å². The number of aryl methyl sites for hydroxylation is 2. The number of ether oxygens (including phenoxy) is 1. The van der Waals surface area contributed by atoms with E-state index in [0.29, 0.717) is 5.56 Å². The van der Waals surface area contributed by atoms with Gasteiger partial charge in [0.1, 0.15) is 10.6 Å². The van der Waals surface area contributed by atoms with E-state index in [1.807, 2.05) is 0 Å². The van der Waals surface area contributed by atoms with Crippen molar-refractivity contribution in [3.63, 3.8) is 0 Å². The maximum Gasteiger partial charge on any atom is 0.265 e. The van der Waals surface area contributed by atoms with Crippen molar-refractivity contribution in [3.05, 3.63) is 23.3 Å². The molecule has 0 saturated heterocycles. The Bertz CT molecular complexity index is 611. The predicted octanol–water partition coefficient (Wildman–Crippen LogP) is 2.09. The van der Waals surface area contributed by atoms with E-state index in [0.717, 1.165) is 5.56 Å². The van der Waals surface area contributed by atoms with Crippen molar-refractivity contribution in [1.82, 2.24) is 4.90 Å². The van der Waals surface area contributed by atoms with Crippen LogP contribution in [0.3, 0.4) is 0 Å². The van der Waals surface area contributed by atoms with Gasteiger partial charge in [-0.3, -0.25) is 4.79 Å². The number of hydrogen-bond donors (Lipinski definition) is 0. The Morgan fingerprint density at radius 1 is 1.30 bits per heavy atom. The fraction of sp³-hybridized carbons (Fsp3) is 0.462. The van der Waals surface area contributed by atoms with Gasteiger partial charge in [-0.05, 0) is 31.0 Å². The molecule has 0 aromatic heterocycles. The molecule has 5 nitrogen and oxygen atoms in total. The molecule has 1 aromatic carbocycles. The topological polar surface area (TPSA) is 63.7 Å². The standard InChI is InChI=1S/C13H18ClNO4S/c1-9-7-10(2)13(11(8-9)20(14,17)18)19-6-5-12(16)15(3)4/h7-8H,5-6H2,1-4H3. The lowest BCUT2D eigenvalue weighted by molar-refractivity contribution is -0.129. The second-order valence-corrected chi connectivity index (χ2v) is 7.27. The first kappa shape index (κ1) is 16.8. The second-order valence-electron chi connectivity index (χ2n) is 4.73. The summed E-state index contributed by atoms with van der Waals surface area (Å²) in [6.45, 7) is 3.61. The number of amides is 1. The van der Waals surface area contributed by atoms with E-state index in [4.69, 9.17) is 15.4 Å². The van der Waals surface area contributed by atoms with Crippen LogP contribution in [0.15, 0.2) is 17.0 Å². The van der Waals surface area contributed by atoms with Crippen molar-refractivity contribution in [1.29, 1.82) is 0 Å². The Labute approximate surface area is 123 Å². The van der Waals surface area contributed by atoms with Gasteiger partial charge in [0.2, 0.25) is 5.91 Å². The highest BCUT2D eigenvalue weighted by Gasteiger charge is 2.20. The van der Waals surface area contributed by atoms with Gasteiger partial charge in [-0.15, -0.1) is 0 Å². The lowest BCUT2D eigenvalue weighted by Crippen LogP contribution is -2.23. The minimum Gasteiger partial charge on any atom is -0.491 e. The van der Waals surface area contributed by atoms with Gasteiger partial charge in [-0.2, -0.15) is 0 Å². The molecule has 7 heteroatoms. The Kier molecular flexibility index (Phi) is 5.42. The number of hydrogen-bond acceptors (Lipinski definition) is 4. The predicted molar refractivity (Wildman–Crippen MR) is 77.8 cm³/mol. The van der Waals surface area contributed by atoms with E-state index in [2.05, 4.69) is 0 Å².